The minimum Gasteiger partial charge on any atom is -0.497 e. The Morgan fingerprint density at radius 2 is 1.95 bits per heavy atom. The van der Waals surface area contributed by atoms with Gasteiger partial charge in [0.15, 0.2) is 0 Å². The molecule has 0 unspecified atom stereocenters. The van der Waals surface area contributed by atoms with Gasteiger partial charge in [-0.2, -0.15) is 13.9 Å². The van der Waals surface area contributed by atoms with E-state index in [4.69, 9.17) is 10.5 Å². The number of fused-ring (bicyclic) bond motifs is 1. The Morgan fingerprint density at radius 1 is 1.21 bits per heavy atom. The van der Waals surface area contributed by atoms with Gasteiger partial charge in [0.2, 0.25) is 5.91 Å². The molecule has 12 heteroatoms. The van der Waals surface area contributed by atoms with Gasteiger partial charge in [-0.3, -0.25) is 24.0 Å². The van der Waals surface area contributed by atoms with Crippen LogP contribution in [0.15, 0.2) is 47.5 Å². The SMILES string of the molecule is COc1ccc(Cn2ncc3cc(/C=C4\SC(=O)N(C5CCC(C(N)=O)CC5)C4=O)ccc32)c(C(F)(F)I)c1. The van der Waals surface area contributed by atoms with Crippen LogP contribution in [0.25, 0.3) is 17.0 Å². The van der Waals surface area contributed by atoms with Crippen LogP contribution in [0.4, 0.5) is 13.6 Å². The smallest absolute Gasteiger partial charge is 0.322 e. The number of imide groups is 1. The molecule has 39 heavy (non-hydrogen) atoms. The minimum atomic E-state index is -3.08. The Labute approximate surface area is 241 Å². The number of nitrogens with zero attached hydrogens (tertiary/aromatic N) is 3. The van der Waals surface area contributed by atoms with Crippen molar-refractivity contribution in [3.8, 4) is 5.75 Å². The van der Waals surface area contributed by atoms with E-state index in [2.05, 4.69) is 5.10 Å². The third kappa shape index (κ3) is 5.67. The summed E-state index contributed by atoms with van der Waals surface area (Å²) in [6, 6.07) is 9.80. The maximum Gasteiger partial charge on any atom is 0.322 e. The zero-order chi connectivity index (χ0) is 27.9. The van der Waals surface area contributed by atoms with Crippen LogP contribution in [0.2, 0.25) is 0 Å². The lowest BCUT2D eigenvalue weighted by molar-refractivity contribution is -0.125. The number of carbonyl (C=O) groups excluding carboxylic acids is 3. The number of nitrogens with two attached hydrogens (primary N) is 1. The summed E-state index contributed by atoms with van der Waals surface area (Å²) in [5.74, 6) is -0.537. The number of halogens is 3. The van der Waals surface area contributed by atoms with Crippen LogP contribution in [0, 0.1) is 5.92 Å². The van der Waals surface area contributed by atoms with Crippen molar-refractivity contribution in [2.45, 2.75) is 42.2 Å². The number of primary amides is 1. The molecule has 0 bridgehead atoms. The number of hydrogen-bond donors (Lipinski definition) is 1. The van der Waals surface area contributed by atoms with E-state index in [-0.39, 0.29) is 41.1 Å². The molecule has 1 aliphatic heterocycles. The number of thioether (sulfide) groups is 1. The molecule has 0 spiro atoms. The molecule has 3 aromatic rings. The Bertz CT molecular complexity index is 1490. The standard InChI is InChI=1S/C27H25F2IN4O4S/c1-38-20-8-5-17(21(12-20)27(28,29)30)14-33-22-9-2-15(10-18(22)13-32-33)11-23-25(36)34(26(37)39-23)19-6-3-16(4-7-19)24(31)35/h2,5,8-13,16,19H,3-4,6-7,14H2,1H3,(H2,31,35)/b23-11-. The molecule has 8 nitrogen and oxygen atoms in total. The summed E-state index contributed by atoms with van der Waals surface area (Å²) >= 11 is 2.01. The van der Waals surface area contributed by atoms with Crippen molar-refractivity contribution >= 4 is 68.4 Å². The van der Waals surface area contributed by atoms with Gasteiger partial charge in [-0.15, -0.1) is 0 Å². The fourth-order valence-electron chi connectivity index (χ4n) is 5.13. The largest absolute Gasteiger partial charge is 0.497 e. The average Bonchev–Trinajstić information content (AvgIpc) is 3.42. The van der Waals surface area contributed by atoms with Crippen molar-refractivity contribution in [1.29, 1.82) is 0 Å². The number of methoxy groups -OCH3 is 1. The third-order valence-corrected chi connectivity index (χ3v) is 8.66. The first-order valence-electron chi connectivity index (χ1n) is 12.3. The number of ether oxygens (including phenoxy) is 1. The maximum absolute atomic E-state index is 14.3. The molecular weight excluding hydrogens is 641 g/mol. The van der Waals surface area contributed by atoms with Crippen molar-refractivity contribution in [2.75, 3.05) is 7.11 Å². The van der Waals surface area contributed by atoms with E-state index in [1.165, 1.54) is 18.1 Å². The van der Waals surface area contributed by atoms with Crippen molar-refractivity contribution < 1.29 is 27.9 Å². The van der Waals surface area contributed by atoms with E-state index >= 15 is 0 Å². The van der Waals surface area contributed by atoms with E-state index in [0.717, 1.165) is 45.3 Å². The third-order valence-electron chi connectivity index (χ3n) is 7.19. The molecule has 2 aliphatic rings. The predicted molar refractivity (Wildman–Crippen MR) is 152 cm³/mol. The summed E-state index contributed by atoms with van der Waals surface area (Å²) in [7, 11) is 1.43. The average molecular weight is 666 g/mol. The minimum absolute atomic E-state index is 0.137. The molecule has 2 heterocycles. The Hall–Kier alpha value is -3.00. The fourth-order valence-corrected chi connectivity index (χ4v) is 6.53. The van der Waals surface area contributed by atoms with Crippen LogP contribution < -0.4 is 10.5 Å². The molecule has 1 saturated carbocycles. The maximum atomic E-state index is 14.3. The van der Waals surface area contributed by atoms with E-state index in [9.17, 15) is 23.2 Å². The highest BCUT2D eigenvalue weighted by atomic mass is 127. The van der Waals surface area contributed by atoms with Gasteiger partial charge in [0.25, 0.3) is 11.1 Å². The Balaban J connectivity index is 1.35. The number of aromatic nitrogens is 2. The van der Waals surface area contributed by atoms with Gasteiger partial charge in [-0.25, -0.2) is 0 Å². The molecule has 1 aliphatic carbocycles. The Kier molecular flexibility index (Phi) is 7.68. The number of hydrogen-bond acceptors (Lipinski definition) is 6. The van der Waals surface area contributed by atoms with Crippen molar-refractivity contribution in [1.82, 2.24) is 14.7 Å². The van der Waals surface area contributed by atoms with Crippen LogP contribution >= 0.6 is 34.4 Å². The van der Waals surface area contributed by atoms with Crippen LogP contribution in [0.5, 0.6) is 5.75 Å². The highest BCUT2D eigenvalue weighted by molar-refractivity contribution is 14.1. The number of carbonyl (C=O) groups is 3. The van der Waals surface area contributed by atoms with E-state index in [0.29, 0.717) is 47.5 Å². The predicted octanol–water partition coefficient (Wildman–Crippen LogP) is 5.66. The number of alkyl halides is 3. The number of rotatable bonds is 7. The molecule has 204 valence electrons. The molecule has 5 rings (SSSR count). The first kappa shape index (κ1) is 27.6. The lowest BCUT2D eigenvalue weighted by Gasteiger charge is -2.31. The molecular formula is C27H25F2IN4O4S. The monoisotopic (exact) mass is 666 g/mol. The van der Waals surface area contributed by atoms with Crippen molar-refractivity contribution in [2.24, 2.45) is 11.7 Å². The number of amides is 3. The van der Waals surface area contributed by atoms with Crippen LogP contribution in [-0.4, -0.2) is 44.9 Å². The summed E-state index contributed by atoms with van der Waals surface area (Å²) in [5, 5.41) is 4.85. The van der Waals surface area contributed by atoms with E-state index in [1.54, 1.807) is 35.2 Å². The molecule has 2 fully saturated rings. The van der Waals surface area contributed by atoms with Crippen LogP contribution in [0.1, 0.15) is 42.4 Å². The number of benzene rings is 2. The molecule has 0 radical (unpaired) electrons. The molecule has 2 N–H and O–H groups in total. The van der Waals surface area contributed by atoms with E-state index < -0.39 is 3.93 Å². The lowest BCUT2D eigenvalue weighted by atomic mass is 9.85. The zero-order valence-electron chi connectivity index (χ0n) is 20.9. The second-order valence-corrected chi connectivity index (χ2v) is 11.9. The van der Waals surface area contributed by atoms with Gasteiger partial charge in [0.1, 0.15) is 5.75 Å². The van der Waals surface area contributed by atoms with Crippen LogP contribution in [0.3, 0.4) is 0 Å². The van der Waals surface area contributed by atoms with Gasteiger partial charge in [0, 0.05) is 45.5 Å². The molecule has 1 saturated heterocycles. The molecule has 0 atom stereocenters. The second-order valence-electron chi connectivity index (χ2n) is 9.60. The first-order chi connectivity index (χ1) is 18.5. The lowest BCUT2D eigenvalue weighted by Crippen LogP contribution is -2.42. The summed E-state index contributed by atoms with van der Waals surface area (Å²) in [4.78, 5) is 38.9. The first-order valence-corrected chi connectivity index (χ1v) is 14.2. The van der Waals surface area contributed by atoms with Crippen molar-refractivity contribution in [3.63, 3.8) is 0 Å². The van der Waals surface area contributed by atoms with Gasteiger partial charge in [-0.05, 0) is 78.9 Å². The summed E-state index contributed by atoms with van der Waals surface area (Å²) in [6.07, 6.45) is 5.56. The second kappa shape index (κ2) is 10.9. The summed E-state index contributed by atoms with van der Waals surface area (Å²) < 4.78 is 32.3. The Morgan fingerprint density at radius 3 is 2.62 bits per heavy atom. The fraction of sp³-hybridized carbons (Fsp3) is 0.333. The highest BCUT2D eigenvalue weighted by Crippen LogP contribution is 2.40. The topological polar surface area (TPSA) is 108 Å². The van der Waals surface area contributed by atoms with Crippen LogP contribution in [-0.2, 0) is 20.1 Å². The van der Waals surface area contributed by atoms with Gasteiger partial charge < -0.3 is 10.5 Å². The quantitative estimate of drug-likeness (QED) is 0.198. The van der Waals surface area contributed by atoms with E-state index in [1.807, 2.05) is 12.1 Å². The zero-order valence-corrected chi connectivity index (χ0v) is 23.9. The van der Waals surface area contributed by atoms with Crippen molar-refractivity contribution in [3.05, 3.63) is 64.2 Å². The van der Waals surface area contributed by atoms with Gasteiger partial charge in [-0.1, -0.05) is 12.1 Å². The summed E-state index contributed by atoms with van der Waals surface area (Å²) in [6.45, 7) is 0.137. The normalized spacial score (nSPS) is 21.2. The van der Waals surface area contributed by atoms with Gasteiger partial charge in [0.05, 0.1) is 30.3 Å². The highest BCUT2D eigenvalue weighted by Gasteiger charge is 2.41. The summed E-state index contributed by atoms with van der Waals surface area (Å²) in [5.41, 5.74) is 7.14. The molecule has 1 aromatic heterocycles. The molecule has 3 amide bonds. The molecule has 2 aromatic carbocycles. The van der Waals surface area contributed by atoms with Gasteiger partial charge >= 0.3 is 3.93 Å².